The molecule has 7 heteroatoms. The highest BCUT2D eigenvalue weighted by Gasteiger charge is 2.46. The molecule has 2 aliphatic rings. The van der Waals surface area contributed by atoms with E-state index in [2.05, 4.69) is 0 Å². The fourth-order valence-corrected chi connectivity index (χ4v) is 4.36. The molecule has 2 aromatic rings. The Bertz CT molecular complexity index is 953. The van der Waals surface area contributed by atoms with Crippen molar-refractivity contribution in [2.45, 2.75) is 50.6 Å². The lowest BCUT2D eigenvalue weighted by molar-refractivity contribution is -0.123. The molecule has 0 N–H and O–H groups in total. The quantitative estimate of drug-likeness (QED) is 0.712. The summed E-state index contributed by atoms with van der Waals surface area (Å²) in [5.41, 5.74) is 0.564. The average Bonchev–Trinajstić information content (AvgIpc) is 3.04. The zero-order chi connectivity index (χ0) is 21.3. The second-order valence-electron chi connectivity index (χ2n) is 7.77. The number of rotatable bonds is 4. The van der Waals surface area contributed by atoms with Gasteiger partial charge in [0.1, 0.15) is 17.7 Å². The van der Waals surface area contributed by atoms with Crippen LogP contribution in [0.2, 0.25) is 0 Å². The van der Waals surface area contributed by atoms with Gasteiger partial charge in [-0.15, -0.1) is 0 Å². The molecule has 1 heterocycles. The molecule has 0 bridgehead atoms. The molecule has 1 unspecified atom stereocenters. The second-order valence-corrected chi connectivity index (χ2v) is 7.77. The molecule has 0 spiro atoms. The molecule has 1 atom stereocenters. The lowest BCUT2D eigenvalue weighted by Crippen LogP contribution is -2.51. The third-order valence-electron chi connectivity index (χ3n) is 5.84. The van der Waals surface area contributed by atoms with E-state index in [9.17, 15) is 23.2 Å². The van der Waals surface area contributed by atoms with Crippen LogP contribution in [0.1, 0.15) is 48.9 Å². The Morgan fingerprint density at radius 3 is 2.03 bits per heavy atom. The molecule has 3 amide bonds. The molecule has 2 aromatic carbocycles. The number of hydrogen-bond acceptors (Lipinski definition) is 3. The summed E-state index contributed by atoms with van der Waals surface area (Å²) in [6.45, 7) is 0. The predicted molar refractivity (Wildman–Crippen MR) is 107 cm³/mol. The molecule has 1 aliphatic carbocycles. The van der Waals surface area contributed by atoms with E-state index in [1.807, 2.05) is 0 Å². The molecular formula is C23H22F2N2O3. The lowest BCUT2D eigenvalue weighted by Gasteiger charge is -2.37. The maximum atomic E-state index is 13.4. The summed E-state index contributed by atoms with van der Waals surface area (Å²) in [5, 5.41) is 0. The second kappa shape index (κ2) is 8.34. The summed E-state index contributed by atoms with van der Waals surface area (Å²) < 4.78 is 26.6. The van der Waals surface area contributed by atoms with Crippen LogP contribution in [0.3, 0.4) is 0 Å². The summed E-state index contributed by atoms with van der Waals surface area (Å²) in [5.74, 6) is -2.22. The van der Waals surface area contributed by atoms with Gasteiger partial charge in [0, 0.05) is 11.6 Å². The fraction of sp³-hybridized carbons (Fsp3) is 0.348. The molecule has 4 rings (SSSR count). The van der Waals surface area contributed by atoms with Gasteiger partial charge in [0.05, 0.1) is 12.1 Å². The first kappa shape index (κ1) is 20.2. The third kappa shape index (κ3) is 3.84. The van der Waals surface area contributed by atoms with Gasteiger partial charge in [-0.2, -0.15) is 0 Å². The van der Waals surface area contributed by atoms with E-state index in [-0.39, 0.29) is 29.6 Å². The van der Waals surface area contributed by atoms with Gasteiger partial charge in [-0.1, -0.05) is 19.3 Å². The number of anilines is 1. The van der Waals surface area contributed by atoms with E-state index < -0.39 is 29.5 Å². The highest BCUT2D eigenvalue weighted by molar-refractivity contribution is 6.23. The van der Waals surface area contributed by atoms with E-state index in [1.54, 1.807) is 0 Å². The first-order chi connectivity index (χ1) is 14.5. The van der Waals surface area contributed by atoms with Gasteiger partial charge in [0.25, 0.3) is 11.8 Å². The highest BCUT2D eigenvalue weighted by Crippen LogP contribution is 2.32. The van der Waals surface area contributed by atoms with E-state index in [1.165, 1.54) is 53.4 Å². The maximum absolute atomic E-state index is 13.4. The minimum atomic E-state index is -0.928. The molecule has 30 heavy (non-hydrogen) atoms. The van der Waals surface area contributed by atoms with Crippen LogP contribution < -0.4 is 4.90 Å². The van der Waals surface area contributed by atoms with Crippen LogP contribution in [0.4, 0.5) is 14.5 Å². The normalized spacial score (nSPS) is 19.9. The summed E-state index contributed by atoms with van der Waals surface area (Å²) in [6.07, 6.45) is 4.32. The zero-order valence-electron chi connectivity index (χ0n) is 16.4. The third-order valence-corrected chi connectivity index (χ3v) is 5.84. The zero-order valence-corrected chi connectivity index (χ0v) is 16.4. The summed E-state index contributed by atoms with van der Waals surface area (Å²) >= 11 is 0. The largest absolute Gasteiger partial charge is 0.323 e. The van der Waals surface area contributed by atoms with Gasteiger partial charge in [0.15, 0.2) is 0 Å². The minimum absolute atomic E-state index is 0.125. The Balaban J connectivity index is 1.67. The van der Waals surface area contributed by atoms with Crippen LogP contribution in [0.15, 0.2) is 48.5 Å². The Labute approximate surface area is 173 Å². The molecule has 1 saturated heterocycles. The fourth-order valence-electron chi connectivity index (χ4n) is 4.36. The molecule has 156 valence electrons. The summed E-state index contributed by atoms with van der Waals surface area (Å²) in [6, 6.07) is 9.24. The van der Waals surface area contributed by atoms with Crippen molar-refractivity contribution in [2.75, 3.05) is 4.90 Å². The van der Waals surface area contributed by atoms with Crippen molar-refractivity contribution in [2.24, 2.45) is 0 Å². The predicted octanol–water partition coefficient (Wildman–Crippen LogP) is 4.07. The van der Waals surface area contributed by atoms with Crippen molar-refractivity contribution in [1.82, 2.24) is 4.90 Å². The van der Waals surface area contributed by atoms with Crippen molar-refractivity contribution in [3.63, 3.8) is 0 Å². The number of nitrogens with zero attached hydrogens (tertiary/aromatic N) is 2. The van der Waals surface area contributed by atoms with Crippen molar-refractivity contribution in [1.29, 1.82) is 0 Å². The molecule has 0 aromatic heterocycles. The first-order valence-electron chi connectivity index (χ1n) is 10.2. The Morgan fingerprint density at radius 2 is 1.43 bits per heavy atom. The molecule has 0 radical (unpaired) electrons. The number of carbonyl (C=O) groups excluding carboxylic acids is 3. The molecule has 5 nitrogen and oxygen atoms in total. The summed E-state index contributed by atoms with van der Waals surface area (Å²) in [4.78, 5) is 41.8. The first-order valence-corrected chi connectivity index (χ1v) is 10.2. The maximum Gasteiger partial charge on any atom is 0.257 e. The van der Waals surface area contributed by atoms with Gasteiger partial charge in [-0.25, -0.2) is 13.7 Å². The standard InChI is InChI=1S/C23H22F2N2O3/c24-16-8-6-15(7-9-16)22(29)26(18-4-2-1-3-5-18)20-14-21(28)27(23(20)30)19-12-10-17(25)11-13-19/h6-13,18,20H,1-5,14H2. The van der Waals surface area contributed by atoms with Gasteiger partial charge < -0.3 is 4.90 Å². The van der Waals surface area contributed by atoms with Gasteiger partial charge >= 0.3 is 0 Å². The number of amides is 3. The van der Waals surface area contributed by atoms with E-state index in [0.717, 1.165) is 37.0 Å². The van der Waals surface area contributed by atoms with Gasteiger partial charge in [-0.05, 0) is 61.4 Å². The van der Waals surface area contributed by atoms with E-state index >= 15 is 0 Å². The number of imide groups is 1. The minimum Gasteiger partial charge on any atom is -0.323 e. The average molecular weight is 412 g/mol. The van der Waals surface area contributed by atoms with Crippen LogP contribution in [0, 0.1) is 11.6 Å². The van der Waals surface area contributed by atoms with Gasteiger partial charge in [-0.3, -0.25) is 14.4 Å². The van der Waals surface area contributed by atoms with Crippen molar-refractivity contribution in [3.05, 3.63) is 65.7 Å². The van der Waals surface area contributed by atoms with Crippen molar-refractivity contribution >= 4 is 23.4 Å². The summed E-state index contributed by atoms with van der Waals surface area (Å²) in [7, 11) is 0. The van der Waals surface area contributed by atoms with Crippen LogP contribution >= 0.6 is 0 Å². The Morgan fingerprint density at radius 1 is 0.867 bits per heavy atom. The smallest absolute Gasteiger partial charge is 0.257 e. The molecular weight excluding hydrogens is 390 g/mol. The van der Waals surface area contributed by atoms with Crippen LogP contribution in [0.5, 0.6) is 0 Å². The number of carbonyl (C=O) groups is 3. The molecule has 1 saturated carbocycles. The Hall–Kier alpha value is -3.09. The topological polar surface area (TPSA) is 57.7 Å². The van der Waals surface area contributed by atoms with Crippen molar-refractivity contribution < 1.29 is 23.2 Å². The van der Waals surface area contributed by atoms with Crippen molar-refractivity contribution in [3.8, 4) is 0 Å². The molecule has 1 aliphatic heterocycles. The Kier molecular flexibility index (Phi) is 5.61. The highest BCUT2D eigenvalue weighted by atomic mass is 19.1. The lowest BCUT2D eigenvalue weighted by atomic mass is 9.92. The number of benzene rings is 2. The number of hydrogen-bond donors (Lipinski definition) is 0. The van der Waals surface area contributed by atoms with Gasteiger partial charge in [0.2, 0.25) is 5.91 Å². The van der Waals surface area contributed by atoms with E-state index in [0.29, 0.717) is 0 Å². The van der Waals surface area contributed by atoms with Crippen LogP contribution in [0.25, 0.3) is 0 Å². The SMILES string of the molecule is O=C1CC(N(C(=O)c2ccc(F)cc2)C2CCCCC2)C(=O)N1c1ccc(F)cc1. The monoisotopic (exact) mass is 412 g/mol. The molecule has 2 fully saturated rings. The number of halogens is 2. The van der Waals surface area contributed by atoms with Crippen LogP contribution in [-0.2, 0) is 9.59 Å². The van der Waals surface area contributed by atoms with E-state index in [4.69, 9.17) is 0 Å². The van der Waals surface area contributed by atoms with Crippen LogP contribution in [-0.4, -0.2) is 34.7 Å².